The molecule has 0 aliphatic rings. The second kappa shape index (κ2) is 9.67. The molecule has 1 aromatic heterocycles. The van der Waals surface area contributed by atoms with Crippen LogP contribution in [-0.2, 0) is 18.4 Å². The Balaban J connectivity index is 1.55. The number of rotatable bonds is 8. The number of nitrogens with zero attached hydrogens (tertiary/aromatic N) is 3. The number of halogens is 1. The van der Waals surface area contributed by atoms with Gasteiger partial charge in [-0.3, -0.25) is 4.79 Å². The summed E-state index contributed by atoms with van der Waals surface area (Å²) in [7, 11) is 3.42. The zero-order valence-corrected chi connectivity index (χ0v) is 18.0. The smallest absolute Gasteiger partial charge is 0.234 e. The summed E-state index contributed by atoms with van der Waals surface area (Å²) in [6.45, 7) is 2.59. The molecule has 0 atom stereocenters. The van der Waals surface area contributed by atoms with E-state index in [9.17, 15) is 4.79 Å². The molecule has 0 saturated heterocycles. The van der Waals surface area contributed by atoms with E-state index < -0.39 is 0 Å². The number of hydrogen-bond acceptors (Lipinski definition) is 6. The fourth-order valence-electron chi connectivity index (χ4n) is 2.57. The van der Waals surface area contributed by atoms with Crippen LogP contribution in [0.2, 0.25) is 5.02 Å². The molecule has 3 aromatic rings. The highest BCUT2D eigenvalue weighted by molar-refractivity contribution is 7.99. The lowest BCUT2D eigenvalue weighted by molar-refractivity contribution is -0.113. The van der Waals surface area contributed by atoms with Gasteiger partial charge in [0.1, 0.15) is 5.75 Å². The second-order valence-corrected chi connectivity index (χ2v) is 7.74. The van der Waals surface area contributed by atoms with Gasteiger partial charge in [-0.1, -0.05) is 41.1 Å². The van der Waals surface area contributed by atoms with Crippen molar-refractivity contribution in [3.05, 3.63) is 58.9 Å². The Labute approximate surface area is 178 Å². The van der Waals surface area contributed by atoms with Crippen molar-refractivity contribution < 1.29 is 9.53 Å². The molecule has 3 rings (SSSR count). The minimum atomic E-state index is -0.183. The largest absolute Gasteiger partial charge is 0.495 e. The van der Waals surface area contributed by atoms with Crippen molar-refractivity contribution in [1.29, 1.82) is 0 Å². The molecular formula is C20H22ClN5O2S. The molecule has 0 aliphatic heterocycles. The maximum atomic E-state index is 12.3. The van der Waals surface area contributed by atoms with E-state index in [1.807, 2.05) is 35.9 Å². The number of nitrogens with one attached hydrogen (secondary N) is 2. The van der Waals surface area contributed by atoms with Crippen molar-refractivity contribution >= 4 is 40.6 Å². The number of aromatic nitrogens is 3. The summed E-state index contributed by atoms with van der Waals surface area (Å²) in [6.07, 6.45) is 0. The number of anilines is 2. The topological polar surface area (TPSA) is 81.1 Å². The highest BCUT2D eigenvalue weighted by Gasteiger charge is 2.13. The van der Waals surface area contributed by atoms with E-state index in [4.69, 9.17) is 16.3 Å². The summed E-state index contributed by atoms with van der Waals surface area (Å²) in [6, 6.07) is 13.2. The Morgan fingerprint density at radius 2 is 1.97 bits per heavy atom. The number of carbonyl (C=O) groups is 1. The lowest BCUT2D eigenvalue weighted by atomic mass is 10.2. The van der Waals surface area contributed by atoms with Crippen LogP contribution in [0.3, 0.4) is 0 Å². The van der Waals surface area contributed by atoms with Gasteiger partial charge in [0.2, 0.25) is 5.91 Å². The molecule has 2 N–H and O–H groups in total. The van der Waals surface area contributed by atoms with E-state index in [-0.39, 0.29) is 11.7 Å². The van der Waals surface area contributed by atoms with Crippen LogP contribution in [0.25, 0.3) is 0 Å². The van der Waals surface area contributed by atoms with Crippen LogP contribution in [0.1, 0.15) is 11.4 Å². The third kappa shape index (κ3) is 5.65. The molecular weight excluding hydrogens is 410 g/mol. The fraction of sp³-hybridized carbons (Fsp3) is 0.250. The number of amides is 1. The molecule has 152 valence electrons. The van der Waals surface area contributed by atoms with Gasteiger partial charge >= 0.3 is 0 Å². The molecule has 9 heteroatoms. The van der Waals surface area contributed by atoms with Crippen molar-refractivity contribution in [2.45, 2.75) is 18.6 Å². The van der Waals surface area contributed by atoms with E-state index in [2.05, 4.69) is 27.8 Å². The highest BCUT2D eigenvalue weighted by atomic mass is 35.5. The van der Waals surface area contributed by atoms with Crippen molar-refractivity contribution in [2.75, 3.05) is 23.5 Å². The number of thioether (sulfide) groups is 1. The molecule has 0 aliphatic carbocycles. The van der Waals surface area contributed by atoms with Gasteiger partial charge in [0.15, 0.2) is 11.0 Å². The Kier molecular flexibility index (Phi) is 7.00. The highest BCUT2D eigenvalue weighted by Crippen LogP contribution is 2.28. The van der Waals surface area contributed by atoms with Gasteiger partial charge in [0, 0.05) is 17.8 Å². The number of carbonyl (C=O) groups excluding carboxylic acids is 1. The fourth-order valence-corrected chi connectivity index (χ4v) is 3.47. The molecule has 0 saturated carbocycles. The molecule has 1 heterocycles. The van der Waals surface area contributed by atoms with Crippen molar-refractivity contribution in [3.8, 4) is 5.75 Å². The van der Waals surface area contributed by atoms with Crippen molar-refractivity contribution in [2.24, 2.45) is 7.05 Å². The Morgan fingerprint density at radius 1 is 1.21 bits per heavy atom. The van der Waals surface area contributed by atoms with Gasteiger partial charge in [-0.05, 0) is 37.3 Å². The molecule has 0 unspecified atom stereocenters. The van der Waals surface area contributed by atoms with Crippen LogP contribution in [0.15, 0.2) is 47.6 Å². The van der Waals surface area contributed by atoms with E-state index in [0.717, 1.165) is 11.5 Å². The predicted octanol–water partition coefficient (Wildman–Crippen LogP) is 4.13. The van der Waals surface area contributed by atoms with Crippen LogP contribution in [0.4, 0.5) is 11.4 Å². The quantitative estimate of drug-likeness (QED) is 0.522. The maximum Gasteiger partial charge on any atom is 0.234 e. The zero-order chi connectivity index (χ0) is 20.8. The van der Waals surface area contributed by atoms with Gasteiger partial charge in [-0.15, -0.1) is 10.2 Å². The molecule has 0 radical (unpaired) electrons. The minimum Gasteiger partial charge on any atom is -0.495 e. The van der Waals surface area contributed by atoms with Gasteiger partial charge in [-0.2, -0.15) is 0 Å². The van der Waals surface area contributed by atoms with Crippen LogP contribution in [-0.4, -0.2) is 33.5 Å². The first kappa shape index (κ1) is 21.0. The monoisotopic (exact) mass is 431 g/mol. The Hall–Kier alpha value is -2.71. The summed E-state index contributed by atoms with van der Waals surface area (Å²) < 4.78 is 7.12. The number of hydrogen-bond donors (Lipinski definition) is 2. The first-order chi connectivity index (χ1) is 14.0. The second-order valence-electron chi connectivity index (χ2n) is 6.36. The van der Waals surface area contributed by atoms with Gasteiger partial charge in [0.25, 0.3) is 0 Å². The summed E-state index contributed by atoms with van der Waals surface area (Å²) >= 11 is 7.31. The molecule has 0 bridgehead atoms. The Morgan fingerprint density at radius 3 is 2.69 bits per heavy atom. The average Bonchev–Trinajstić information content (AvgIpc) is 3.06. The summed E-state index contributed by atoms with van der Waals surface area (Å²) in [5.74, 6) is 1.34. The standard InChI is InChI=1S/C20H22ClN5O2S/c1-13-4-7-15(8-5-13)22-11-18-24-25-20(26(18)2)29-12-19(27)23-16-10-14(21)6-9-17(16)28-3/h4-10,22H,11-12H2,1-3H3,(H,23,27). The number of methoxy groups -OCH3 is 1. The molecule has 0 spiro atoms. The minimum absolute atomic E-state index is 0.183. The van der Waals surface area contributed by atoms with Gasteiger partial charge < -0.3 is 19.9 Å². The van der Waals surface area contributed by atoms with Crippen LogP contribution in [0.5, 0.6) is 5.75 Å². The Bertz CT molecular complexity index is 991. The van der Waals surface area contributed by atoms with Crippen molar-refractivity contribution in [1.82, 2.24) is 14.8 Å². The van der Waals surface area contributed by atoms with E-state index in [1.165, 1.54) is 17.3 Å². The maximum absolute atomic E-state index is 12.3. The van der Waals surface area contributed by atoms with Crippen molar-refractivity contribution in [3.63, 3.8) is 0 Å². The third-order valence-electron chi connectivity index (χ3n) is 4.20. The van der Waals surface area contributed by atoms with E-state index >= 15 is 0 Å². The lowest BCUT2D eigenvalue weighted by Crippen LogP contribution is -2.15. The summed E-state index contributed by atoms with van der Waals surface area (Å²) in [5, 5.41) is 15.7. The predicted molar refractivity (Wildman–Crippen MR) is 117 cm³/mol. The normalized spacial score (nSPS) is 10.6. The molecule has 1 amide bonds. The molecule has 0 fully saturated rings. The lowest BCUT2D eigenvalue weighted by Gasteiger charge is -2.10. The summed E-state index contributed by atoms with van der Waals surface area (Å²) in [4.78, 5) is 12.3. The van der Waals surface area contributed by atoms with E-state index in [0.29, 0.717) is 28.2 Å². The van der Waals surface area contributed by atoms with Crippen LogP contribution >= 0.6 is 23.4 Å². The van der Waals surface area contributed by atoms with Crippen LogP contribution in [0, 0.1) is 6.92 Å². The summed E-state index contributed by atoms with van der Waals surface area (Å²) in [5.41, 5.74) is 2.76. The molecule has 7 nitrogen and oxygen atoms in total. The van der Waals surface area contributed by atoms with Crippen LogP contribution < -0.4 is 15.4 Å². The first-order valence-electron chi connectivity index (χ1n) is 8.91. The zero-order valence-electron chi connectivity index (χ0n) is 16.4. The number of aryl methyl sites for hydroxylation is 1. The molecule has 29 heavy (non-hydrogen) atoms. The first-order valence-corrected chi connectivity index (χ1v) is 10.3. The van der Waals surface area contributed by atoms with E-state index in [1.54, 1.807) is 25.3 Å². The number of benzene rings is 2. The van der Waals surface area contributed by atoms with Gasteiger partial charge in [-0.25, -0.2) is 0 Å². The van der Waals surface area contributed by atoms with Gasteiger partial charge in [0.05, 0.1) is 25.1 Å². The molecule has 2 aromatic carbocycles. The average molecular weight is 432 g/mol. The number of ether oxygens (including phenoxy) is 1. The SMILES string of the molecule is COc1ccc(Cl)cc1NC(=O)CSc1nnc(CNc2ccc(C)cc2)n1C. The third-order valence-corrected chi connectivity index (χ3v) is 5.45.